The molecule has 24 heavy (non-hydrogen) atoms. The highest BCUT2D eigenvalue weighted by atomic mass is 35.5. The molecule has 0 saturated carbocycles. The normalized spacial score (nSPS) is 12.4. The minimum Gasteiger partial charge on any atom is -0.396 e. The third kappa shape index (κ3) is 4.12. The van der Waals surface area contributed by atoms with Gasteiger partial charge in [0.2, 0.25) is 0 Å². The summed E-state index contributed by atoms with van der Waals surface area (Å²) in [4.78, 5) is 4.48. The van der Waals surface area contributed by atoms with Gasteiger partial charge < -0.3 is 10.4 Å². The molecule has 3 rings (SSSR count). The Hall–Kier alpha value is -1.94. The van der Waals surface area contributed by atoms with Crippen LogP contribution in [0.5, 0.6) is 0 Å². The lowest BCUT2D eigenvalue weighted by Crippen LogP contribution is -2.22. The Bertz CT molecular complexity index is 792. The van der Waals surface area contributed by atoms with Gasteiger partial charge in [0.05, 0.1) is 5.52 Å². The van der Waals surface area contributed by atoms with Crippen molar-refractivity contribution in [3.05, 3.63) is 76.9 Å². The molecule has 0 spiro atoms. The first-order chi connectivity index (χ1) is 11.8. The van der Waals surface area contributed by atoms with E-state index >= 15 is 0 Å². The number of aliphatic hydroxyl groups is 1. The molecule has 1 aromatic heterocycles. The van der Waals surface area contributed by atoms with Crippen molar-refractivity contribution >= 4 is 22.5 Å². The highest BCUT2D eigenvalue weighted by Crippen LogP contribution is 2.23. The highest BCUT2D eigenvalue weighted by Gasteiger charge is 2.11. The van der Waals surface area contributed by atoms with Crippen LogP contribution < -0.4 is 5.32 Å². The van der Waals surface area contributed by atoms with E-state index in [1.807, 2.05) is 42.5 Å². The average molecular weight is 341 g/mol. The fourth-order valence-electron chi connectivity index (χ4n) is 3.01. The number of halogens is 1. The summed E-state index contributed by atoms with van der Waals surface area (Å²) in [5.41, 5.74) is 3.31. The number of hydrogen-bond acceptors (Lipinski definition) is 3. The molecular formula is C20H21ClN2O. The van der Waals surface area contributed by atoms with Crippen molar-refractivity contribution < 1.29 is 5.11 Å². The van der Waals surface area contributed by atoms with Gasteiger partial charge in [-0.05, 0) is 41.7 Å². The number of hydrogen-bond donors (Lipinski definition) is 2. The van der Waals surface area contributed by atoms with E-state index < -0.39 is 0 Å². The van der Waals surface area contributed by atoms with Crippen molar-refractivity contribution in [3.63, 3.8) is 0 Å². The van der Waals surface area contributed by atoms with Gasteiger partial charge in [-0.3, -0.25) is 4.98 Å². The molecule has 0 saturated heterocycles. The zero-order chi connectivity index (χ0) is 16.8. The lowest BCUT2D eigenvalue weighted by atomic mass is 9.96. The number of rotatable bonds is 7. The van der Waals surface area contributed by atoms with Gasteiger partial charge in [-0.1, -0.05) is 48.0 Å². The van der Waals surface area contributed by atoms with E-state index in [4.69, 9.17) is 11.6 Å². The number of pyridine rings is 1. The molecule has 0 aliphatic heterocycles. The van der Waals surface area contributed by atoms with Crippen molar-refractivity contribution in [2.45, 2.75) is 18.9 Å². The van der Waals surface area contributed by atoms with Crippen LogP contribution in [0.4, 0.5) is 0 Å². The Kier molecular flexibility index (Phi) is 5.81. The molecule has 1 atom stereocenters. The Morgan fingerprint density at radius 2 is 1.92 bits per heavy atom. The molecule has 0 amide bonds. The van der Waals surface area contributed by atoms with Gasteiger partial charge in [-0.15, -0.1) is 0 Å². The summed E-state index contributed by atoms with van der Waals surface area (Å²) in [6.07, 6.45) is 2.55. The third-order valence-electron chi connectivity index (χ3n) is 4.20. The highest BCUT2D eigenvalue weighted by molar-refractivity contribution is 6.31. The molecular weight excluding hydrogens is 320 g/mol. The molecule has 0 bridgehead atoms. The second-order valence-corrected chi connectivity index (χ2v) is 6.33. The number of benzene rings is 2. The van der Waals surface area contributed by atoms with E-state index in [1.54, 1.807) is 6.20 Å². The summed E-state index contributed by atoms with van der Waals surface area (Å²) in [6, 6.07) is 18.1. The fraction of sp³-hybridized carbons (Fsp3) is 0.250. The van der Waals surface area contributed by atoms with E-state index in [-0.39, 0.29) is 12.5 Å². The van der Waals surface area contributed by atoms with Crippen LogP contribution >= 0.6 is 11.6 Å². The van der Waals surface area contributed by atoms with Crippen molar-refractivity contribution in [1.29, 1.82) is 0 Å². The van der Waals surface area contributed by atoms with Gasteiger partial charge in [0, 0.05) is 36.3 Å². The average Bonchev–Trinajstić information content (AvgIpc) is 2.61. The second kappa shape index (κ2) is 8.25. The zero-order valence-electron chi connectivity index (χ0n) is 13.5. The van der Waals surface area contributed by atoms with Crippen molar-refractivity contribution in [2.24, 2.45) is 0 Å². The predicted octanol–water partition coefficient (Wildman–Crippen LogP) is 4.14. The second-order valence-electron chi connectivity index (χ2n) is 5.89. The van der Waals surface area contributed by atoms with Crippen molar-refractivity contribution in [3.8, 4) is 0 Å². The molecule has 0 radical (unpaired) electrons. The molecule has 2 N–H and O–H groups in total. The Morgan fingerprint density at radius 3 is 2.71 bits per heavy atom. The smallest absolute Gasteiger partial charge is 0.0747 e. The van der Waals surface area contributed by atoms with Crippen LogP contribution in [0.1, 0.15) is 23.5 Å². The van der Waals surface area contributed by atoms with Gasteiger partial charge >= 0.3 is 0 Å². The summed E-state index contributed by atoms with van der Waals surface area (Å²) >= 11 is 6.22. The molecule has 0 aliphatic rings. The van der Waals surface area contributed by atoms with E-state index in [0.717, 1.165) is 34.5 Å². The number of aromatic nitrogens is 1. The lowest BCUT2D eigenvalue weighted by Gasteiger charge is -2.17. The fourth-order valence-corrected chi connectivity index (χ4v) is 3.26. The Balaban J connectivity index is 1.71. The summed E-state index contributed by atoms with van der Waals surface area (Å²) in [7, 11) is 0. The first-order valence-corrected chi connectivity index (χ1v) is 8.55. The number of fused-ring (bicyclic) bond motifs is 1. The molecule has 0 fully saturated rings. The number of nitrogens with one attached hydrogen (secondary N) is 1. The van der Waals surface area contributed by atoms with Crippen LogP contribution in [0.2, 0.25) is 5.02 Å². The van der Waals surface area contributed by atoms with Crippen LogP contribution in [0.25, 0.3) is 10.9 Å². The number of nitrogens with zero attached hydrogens (tertiary/aromatic N) is 1. The largest absolute Gasteiger partial charge is 0.396 e. The molecule has 124 valence electrons. The minimum atomic E-state index is 0.183. The third-order valence-corrected chi connectivity index (χ3v) is 4.42. The zero-order valence-corrected chi connectivity index (χ0v) is 14.2. The summed E-state index contributed by atoms with van der Waals surface area (Å²) in [5.74, 6) is 0.287. The topological polar surface area (TPSA) is 45.1 Å². The predicted molar refractivity (Wildman–Crippen MR) is 99.3 cm³/mol. The molecule has 1 heterocycles. The van der Waals surface area contributed by atoms with Crippen LogP contribution in [0.15, 0.2) is 60.8 Å². The lowest BCUT2D eigenvalue weighted by molar-refractivity contribution is 0.273. The quantitative estimate of drug-likeness (QED) is 0.679. The summed E-state index contributed by atoms with van der Waals surface area (Å²) < 4.78 is 0. The minimum absolute atomic E-state index is 0.183. The van der Waals surface area contributed by atoms with E-state index in [0.29, 0.717) is 6.54 Å². The van der Waals surface area contributed by atoms with Gasteiger partial charge in [0.1, 0.15) is 0 Å². The van der Waals surface area contributed by atoms with Crippen LogP contribution in [0.3, 0.4) is 0 Å². The van der Waals surface area contributed by atoms with Gasteiger partial charge in [-0.2, -0.15) is 0 Å². The SMILES string of the molecule is OCCC(CNCc1cc(Cl)cc2cccnc12)c1ccccc1. The molecule has 0 aliphatic carbocycles. The Morgan fingerprint density at radius 1 is 1.08 bits per heavy atom. The standard InChI is InChI=1S/C20H21ClN2O/c21-19-11-16-7-4-9-23-20(16)18(12-19)14-22-13-17(8-10-24)15-5-2-1-3-6-15/h1-7,9,11-12,17,22,24H,8,10,13-14H2. The monoisotopic (exact) mass is 340 g/mol. The number of aliphatic hydroxyl groups excluding tert-OH is 1. The van der Waals surface area contributed by atoms with E-state index in [1.165, 1.54) is 5.56 Å². The maximum atomic E-state index is 9.34. The first-order valence-electron chi connectivity index (χ1n) is 8.17. The van der Waals surface area contributed by atoms with E-state index in [2.05, 4.69) is 22.4 Å². The van der Waals surface area contributed by atoms with Gasteiger partial charge in [0.15, 0.2) is 0 Å². The molecule has 3 nitrogen and oxygen atoms in total. The van der Waals surface area contributed by atoms with E-state index in [9.17, 15) is 5.11 Å². The molecule has 4 heteroatoms. The van der Waals surface area contributed by atoms with Crippen LogP contribution in [-0.2, 0) is 6.54 Å². The van der Waals surface area contributed by atoms with Crippen LogP contribution in [0, 0.1) is 0 Å². The van der Waals surface area contributed by atoms with Crippen molar-refractivity contribution in [1.82, 2.24) is 10.3 Å². The molecule has 1 unspecified atom stereocenters. The van der Waals surface area contributed by atoms with Crippen LogP contribution in [-0.4, -0.2) is 23.2 Å². The maximum Gasteiger partial charge on any atom is 0.0747 e. The summed E-state index contributed by atoms with van der Waals surface area (Å²) in [5, 5.41) is 14.6. The molecule has 2 aromatic carbocycles. The van der Waals surface area contributed by atoms with Gasteiger partial charge in [0.25, 0.3) is 0 Å². The summed E-state index contributed by atoms with van der Waals surface area (Å²) in [6.45, 7) is 1.68. The van der Waals surface area contributed by atoms with Crippen molar-refractivity contribution in [2.75, 3.05) is 13.2 Å². The molecule has 3 aromatic rings. The van der Waals surface area contributed by atoms with Gasteiger partial charge in [-0.25, -0.2) is 0 Å². The first kappa shape index (κ1) is 16.9. The maximum absolute atomic E-state index is 9.34. The Labute approximate surface area is 147 Å².